The molecule has 0 aliphatic carbocycles. The summed E-state index contributed by atoms with van der Waals surface area (Å²) >= 11 is 5.92. The number of carbonyl (C=O) groups is 2. The molecular weight excluding hydrogens is 386 g/mol. The Labute approximate surface area is 174 Å². The van der Waals surface area contributed by atoms with Crippen LogP contribution >= 0.6 is 11.6 Å². The van der Waals surface area contributed by atoms with E-state index in [4.69, 9.17) is 11.6 Å². The van der Waals surface area contributed by atoms with E-state index < -0.39 is 17.4 Å². The number of ketones is 1. The Hall–Kier alpha value is -2.95. The zero-order valence-corrected chi connectivity index (χ0v) is 16.6. The van der Waals surface area contributed by atoms with Crippen molar-refractivity contribution in [2.45, 2.75) is 19.1 Å². The lowest BCUT2D eigenvalue weighted by Crippen LogP contribution is -2.47. The minimum Gasteiger partial charge on any atom is -0.375 e. The molecule has 4 rings (SSSR count). The fraction of sp³-hybridized carbons (Fsp3) is 0.167. The third kappa shape index (κ3) is 3.24. The molecular formula is C24H20ClNO3. The number of anilines is 1. The zero-order chi connectivity index (χ0) is 20.6. The lowest BCUT2D eigenvalue weighted by molar-refractivity contribution is -0.139. The van der Waals surface area contributed by atoms with Crippen LogP contribution in [0.5, 0.6) is 0 Å². The van der Waals surface area contributed by atoms with Crippen molar-refractivity contribution < 1.29 is 14.7 Å². The first-order chi connectivity index (χ1) is 13.9. The van der Waals surface area contributed by atoms with Crippen LogP contribution in [0.25, 0.3) is 0 Å². The van der Waals surface area contributed by atoms with Gasteiger partial charge < -0.3 is 10.0 Å². The smallest absolute Gasteiger partial charge is 0.264 e. The van der Waals surface area contributed by atoms with Gasteiger partial charge in [-0.2, -0.15) is 0 Å². The maximum Gasteiger partial charge on any atom is 0.264 e. The average molecular weight is 406 g/mol. The van der Waals surface area contributed by atoms with Crippen molar-refractivity contribution in [3.63, 3.8) is 0 Å². The summed E-state index contributed by atoms with van der Waals surface area (Å²) in [4.78, 5) is 28.1. The Morgan fingerprint density at radius 1 is 1.00 bits per heavy atom. The summed E-state index contributed by atoms with van der Waals surface area (Å²) < 4.78 is 0. The Bertz CT molecular complexity index is 1060. The molecule has 0 saturated heterocycles. The van der Waals surface area contributed by atoms with E-state index in [1.54, 1.807) is 54.3 Å². The van der Waals surface area contributed by atoms with E-state index in [2.05, 4.69) is 0 Å². The fourth-order valence-electron chi connectivity index (χ4n) is 3.86. The molecule has 1 amide bonds. The first kappa shape index (κ1) is 19.4. The van der Waals surface area contributed by atoms with Crippen molar-refractivity contribution >= 4 is 29.0 Å². The molecule has 0 aromatic heterocycles. The van der Waals surface area contributed by atoms with Crippen LogP contribution in [0.3, 0.4) is 0 Å². The molecule has 0 bridgehead atoms. The van der Waals surface area contributed by atoms with Gasteiger partial charge in [-0.1, -0.05) is 67.1 Å². The molecule has 4 nitrogen and oxygen atoms in total. The number of aliphatic hydroxyl groups is 1. The summed E-state index contributed by atoms with van der Waals surface area (Å²) in [6.45, 7) is 1.92. The number of carbonyl (C=O) groups excluding carboxylic acids is 2. The molecule has 3 aromatic rings. The van der Waals surface area contributed by atoms with Crippen LogP contribution in [0.2, 0.25) is 5.02 Å². The van der Waals surface area contributed by atoms with Crippen molar-refractivity contribution in [2.24, 2.45) is 5.92 Å². The van der Waals surface area contributed by atoms with Crippen LogP contribution < -0.4 is 4.90 Å². The number of fused-ring (bicyclic) bond motifs is 1. The Kier molecular flexibility index (Phi) is 4.99. The molecule has 146 valence electrons. The molecule has 0 radical (unpaired) electrons. The zero-order valence-electron chi connectivity index (χ0n) is 15.9. The SMILES string of the molecule is C[C@H](C(=O)c1ccc(Cl)cc1)[C@@]1(O)C(=O)N(Cc2ccccc2)c2ccccc21. The predicted octanol–water partition coefficient (Wildman–Crippen LogP) is 4.59. The van der Waals surface area contributed by atoms with Gasteiger partial charge in [-0.05, 0) is 35.9 Å². The predicted molar refractivity (Wildman–Crippen MR) is 113 cm³/mol. The number of Topliss-reactive ketones (excluding diaryl/α,β-unsaturated/α-hetero) is 1. The highest BCUT2D eigenvalue weighted by Crippen LogP contribution is 2.46. The third-order valence-corrected chi connectivity index (χ3v) is 5.76. The lowest BCUT2D eigenvalue weighted by atomic mass is 9.79. The highest BCUT2D eigenvalue weighted by Gasteiger charge is 2.55. The second-order valence-corrected chi connectivity index (χ2v) is 7.69. The third-order valence-electron chi connectivity index (χ3n) is 5.51. The summed E-state index contributed by atoms with van der Waals surface area (Å²) in [5.41, 5.74) is 0.497. The van der Waals surface area contributed by atoms with Gasteiger partial charge in [0.2, 0.25) is 0 Å². The first-order valence-electron chi connectivity index (χ1n) is 9.40. The van der Waals surface area contributed by atoms with Gasteiger partial charge >= 0.3 is 0 Å². The topological polar surface area (TPSA) is 57.6 Å². The number of benzene rings is 3. The van der Waals surface area contributed by atoms with E-state index >= 15 is 0 Å². The number of hydrogen-bond acceptors (Lipinski definition) is 3. The molecule has 29 heavy (non-hydrogen) atoms. The largest absolute Gasteiger partial charge is 0.375 e. The minimum atomic E-state index is -1.93. The van der Waals surface area contributed by atoms with E-state index in [9.17, 15) is 14.7 Å². The Morgan fingerprint density at radius 3 is 2.31 bits per heavy atom. The quantitative estimate of drug-likeness (QED) is 0.631. The number of hydrogen-bond donors (Lipinski definition) is 1. The van der Waals surface area contributed by atoms with Crippen molar-refractivity contribution in [1.29, 1.82) is 0 Å². The van der Waals surface area contributed by atoms with Gasteiger partial charge in [0, 0.05) is 16.1 Å². The second kappa shape index (κ2) is 7.47. The summed E-state index contributed by atoms with van der Waals surface area (Å²) in [6.07, 6.45) is 0. The van der Waals surface area contributed by atoms with Crippen molar-refractivity contribution in [3.8, 4) is 0 Å². The van der Waals surface area contributed by atoms with Crippen molar-refractivity contribution in [1.82, 2.24) is 0 Å². The van der Waals surface area contributed by atoms with Gasteiger partial charge in [-0.3, -0.25) is 9.59 Å². The number of amides is 1. The molecule has 0 spiro atoms. The van der Waals surface area contributed by atoms with Gasteiger partial charge in [0.05, 0.1) is 18.2 Å². The van der Waals surface area contributed by atoms with Gasteiger partial charge in [-0.15, -0.1) is 0 Å². The molecule has 1 aliphatic heterocycles. The van der Waals surface area contributed by atoms with Gasteiger partial charge in [-0.25, -0.2) is 0 Å². The van der Waals surface area contributed by atoms with Crippen LogP contribution in [-0.4, -0.2) is 16.8 Å². The van der Waals surface area contributed by atoms with Gasteiger partial charge in [0.1, 0.15) is 0 Å². The number of halogens is 1. The number of nitrogens with zero attached hydrogens (tertiary/aromatic N) is 1. The second-order valence-electron chi connectivity index (χ2n) is 7.25. The summed E-state index contributed by atoms with van der Waals surface area (Å²) in [6, 6.07) is 23.1. The van der Waals surface area contributed by atoms with E-state index in [1.807, 2.05) is 36.4 Å². The van der Waals surface area contributed by atoms with E-state index in [1.165, 1.54) is 0 Å². The molecule has 1 aliphatic rings. The maximum atomic E-state index is 13.4. The maximum absolute atomic E-state index is 13.4. The normalized spacial score (nSPS) is 19.1. The molecule has 1 N–H and O–H groups in total. The monoisotopic (exact) mass is 405 g/mol. The summed E-state index contributed by atoms with van der Waals surface area (Å²) in [7, 11) is 0. The van der Waals surface area contributed by atoms with Crippen LogP contribution in [0, 0.1) is 5.92 Å². The van der Waals surface area contributed by atoms with Crippen LogP contribution in [0.1, 0.15) is 28.4 Å². The van der Waals surface area contributed by atoms with Gasteiger partial charge in [0.15, 0.2) is 11.4 Å². The average Bonchev–Trinajstić information content (AvgIpc) is 2.97. The van der Waals surface area contributed by atoms with Crippen LogP contribution in [0.4, 0.5) is 5.69 Å². The fourth-order valence-corrected chi connectivity index (χ4v) is 3.98. The van der Waals surface area contributed by atoms with Crippen LogP contribution in [-0.2, 0) is 16.9 Å². The molecule has 0 unspecified atom stereocenters. The molecule has 5 heteroatoms. The molecule has 0 saturated carbocycles. The van der Waals surface area contributed by atoms with Crippen LogP contribution in [0.15, 0.2) is 78.9 Å². The highest BCUT2D eigenvalue weighted by atomic mass is 35.5. The van der Waals surface area contributed by atoms with Crippen molar-refractivity contribution in [2.75, 3.05) is 4.90 Å². The molecule has 2 atom stereocenters. The Morgan fingerprint density at radius 2 is 1.62 bits per heavy atom. The van der Waals surface area contributed by atoms with E-state index in [0.717, 1.165) is 5.56 Å². The summed E-state index contributed by atoms with van der Waals surface area (Å²) in [5, 5.41) is 12.1. The lowest BCUT2D eigenvalue weighted by Gasteiger charge is -2.28. The summed E-state index contributed by atoms with van der Waals surface area (Å²) in [5.74, 6) is -1.76. The molecule has 0 fully saturated rings. The van der Waals surface area contributed by atoms with E-state index in [0.29, 0.717) is 28.4 Å². The van der Waals surface area contributed by atoms with Gasteiger partial charge in [0.25, 0.3) is 5.91 Å². The standard InChI is InChI=1S/C24H20ClNO3/c1-16(22(27)18-11-13-19(25)14-12-18)24(29)20-9-5-6-10-21(20)26(23(24)28)15-17-7-3-2-4-8-17/h2-14,16,29H,15H2,1H3/t16-,24+/m1/s1. The molecule has 3 aromatic carbocycles. The molecule has 1 heterocycles. The highest BCUT2D eigenvalue weighted by molar-refractivity contribution is 6.30. The number of rotatable bonds is 5. The first-order valence-corrected chi connectivity index (χ1v) is 9.78. The number of para-hydroxylation sites is 1. The minimum absolute atomic E-state index is 0.311. The Balaban J connectivity index is 1.73. The van der Waals surface area contributed by atoms with Crippen molar-refractivity contribution in [3.05, 3.63) is 101 Å². The van der Waals surface area contributed by atoms with E-state index in [-0.39, 0.29) is 5.78 Å².